The molecule has 0 saturated heterocycles. The van der Waals surface area contributed by atoms with Crippen molar-refractivity contribution in [1.29, 1.82) is 5.26 Å². The summed E-state index contributed by atoms with van der Waals surface area (Å²) in [6, 6.07) is 22.1. The highest BCUT2D eigenvalue weighted by Crippen LogP contribution is 2.32. The van der Waals surface area contributed by atoms with E-state index >= 15 is 0 Å². The van der Waals surface area contributed by atoms with Crippen LogP contribution in [0.2, 0.25) is 0 Å². The van der Waals surface area contributed by atoms with Gasteiger partial charge in [0.2, 0.25) is 0 Å². The van der Waals surface area contributed by atoms with Crippen molar-refractivity contribution in [2.75, 3.05) is 0 Å². The molecule has 0 heterocycles. The Bertz CT molecular complexity index is 968. The van der Waals surface area contributed by atoms with E-state index in [1.807, 2.05) is 48.5 Å². The Hall–Kier alpha value is -3.45. The number of allylic oxidation sites excluding steroid dienone is 1. The molecule has 4 nitrogen and oxygen atoms in total. The molecule has 0 amide bonds. The van der Waals surface area contributed by atoms with Gasteiger partial charge in [0.25, 0.3) is 5.69 Å². The van der Waals surface area contributed by atoms with E-state index in [0.29, 0.717) is 11.1 Å². The van der Waals surface area contributed by atoms with Crippen LogP contribution in [0.4, 0.5) is 5.69 Å². The molecule has 0 saturated carbocycles. The lowest BCUT2D eigenvalue weighted by Crippen LogP contribution is -1.96. The van der Waals surface area contributed by atoms with Crippen LogP contribution in [0.1, 0.15) is 11.1 Å². The second-order valence-corrected chi connectivity index (χ2v) is 5.02. The summed E-state index contributed by atoms with van der Waals surface area (Å²) >= 11 is 0. The van der Waals surface area contributed by atoms with Crippen LogP contribution in [0, 0.1) is 21.4 Å². The van der Waals surface area contributed by atoms with Crippen molar-refractivity contribution < 1.29 is 4.92 Å². The first-order chi connectivity index (χ1) is 11.2. The van der Waals surface area contributed by atoms with Gasteiger partial charge in [0.15, 0.2) is 0 Å². The Labute approximate surface area is 133 Å². The molecule has 0 aliphatic carbocycles. The number of para-hydroxylation sites is 1. The molecule has 0 aliphatic heterocycles. The van der Waals surface area contributed by atoms with E-state index in [2.05, 4.69) is 0 Å². The van der Waals surface area contributed by atoms with Crippen LogP contribution in [0.25, 0.3) is 16.3 Å². The summed E-state index contributed by atoms with van der Waals surface area (Å²) in [6.45, 7) is 0. The van der Waals surface area contributed by atoms with Crippen molar-refractivity contribution in [3.8, 4) is 6.07 Å². The summed E-state index contributed by atoms with van der Waals surface area (Å²) < 4.78 is 0. The van der Waals surface area contributed by atoms with Gasteiger partial charge >= 0.3 is 0 Å². The minimum atomic E-state index is -0.429. The maximum atomic E-state index is 11.3. The summed E-state index contributed by atoms with van der Waals surface area (Å²) in [5.74, 6) is 0. The van der Waals surface area contributed by atoms with Gasteiger partial charge in [-0.3, -0.25) is 10.1 Å². The summed E-state index contributed by atoms with van der Waals surface area (Å²) in [5, 5.41) is 22.5. The van der Waals surface area contributed by atoms with Gasteiger partial charge in [-0.25, -0.2) is 0 Å². The molecule has 4 heteroatoms. The van der Waals surface area contributed by atoms with E-state index in [-0.39, 0.29) is 5.69 Å². The highest BCUT2D eigenvalue weighted by molar-refractivity contribution is 5.91. The number of rotatable bonds is 3. The van der Waals surface area contributed by atoms with E-state index in [0.717, 1.165) is 16.3 Å². The maximum Gasteiger partial charge on any atom is 0.277 e. The van der Waals surface area contributed by atoms with Crippen molar-refractivity contribution in [3.63, 3.8) is 0 Å². The average molecular weight is 300 g/mol. The van der Waals surface area contributed by atoms with Gasteiger partial charge in [0.05, 0.1) is 16.6 Å². The second kappa shape index (κ2) is 6.12. The van der Waals surface area contributed by atoms with Crippen LogP contribution >= 0.6 is 0 Å². The van der Waals surface area contributed by atoms with E-state index in [1.165, 1.54) is 12.1 Å². The van der Waals surface area contributed by atoms with Crippen molar-refractivity contribution in [3.05, 3.63) is 94.0 Å². The zero-order chi connectivity index (χ0) is 16.2. The minimum absolute atomic E-state index is 0.0119. The lowest BCUT2D eigenvalue weighted by atomic mass is 9.94. The summed E-state index contributed by atoms with van der Waals surface area (Å²) in [5.41, 5.74) is 1.75. The third-order valence-electron chi connectivity index (χ3n) is 3.66. The predicted molar refractivity (Wildman–Crippen MR) is 89.7 cm³/mol. The maximum absolute atomic E-state index is 11.3. The number of hydrogen-bond donors (Lipinski definition) is 0. The van der Waals surface area contributed by atoms with Crippen LogP contribution < -0.4 is 0 Å². The molecule has 3 aromatic rings. The molecule has 0 atom stereocenters. The van der Waals surface area contributed by atoms with Gasteiger partial charge in [-0.15, -0.1) is 0 Å². The number of nitriles is 1. The highest BCUT2D eigenvalue weighted by atomic mass is 16.6. The Kier molecular flexibility index (Phi) is 3.86. The fourth-order valence-corrected chi connectivity index (χ4v) is 2.60. The molecule has 0 aliphatic rings. The molecule has 0 spiro atoms. The fraction of sp³-hybridized carbons (Fsp3) is 0. The molecule has 110 valence electrons. The molecule has 23 heavy (non-hydrogen) atoms. The molecule has 3 rings (SSSR count). The Morgan fingerprint density at radius 2 is 1.70 bits per heavy atom. The van der Waals surface area contributed by atoms with E-state index in [1.54, 1.807) is 18.2 Å². The quantitative estimate of drug-likeness (QED) is 0.400. The van der Waals surface area contributed by atoms with Gasteiger partial charge < -0.3 is 0 Å². The van der Waals surface area contributed by atoms with Crippen LogP contribution in [0.5, 0.6) is 0 Å². The molecule has 0 fully saturated rings. The molecule has 0 aromatic heterocycles. The smallest absolute Gasteiger partial charge is 0.258 e. The number of nitro groups is 1. The molecule has 0 bridgehead atoms. The van der Waals surface area contributed by atoms with Crippen LogP contribution in [0.15, 0.2) is 72.8 Å². The number of nitrogens with zero attached hydrogens (tertiary/aromatic N) is 2. The minimum Gasteiger partial charge on any atom is -0.258 e. The molecule has 0 unspecified atom stereocenters. The fourth-order valence-electron chi connectivity index (χ4n) is 2.60. The molecule has 0 N–H and O–H groups in total. The lowest BCUT2D eigenvalue weighted by molar-refractivity contribution is -0.385. The van der Waals surface area contributed by atoms with Gasteiger partial charge in [-0.1, -0.05) is 48.5 Å². The lowest BCUT2D eigenvalue weighted by Gasteiger charge is -2.09. The van der Waals surface area contributed by atoms with Gasteiger partial charge in [-0.05, 0) is 28.5 Å². The Morgan fingerprint density at radius 3 is 2.43 bits per heavy atom. The monoisotopic (exact) mass is 300 g/mol. The van der Waals surface area contributed by atoms with Crippen molar-refractivity contribution in [2.24, 2.45) is 0 Å². The SMILES string of the molecule is N#CC=C(c1ccc2ccccc2c1)c1ccccc1[N+](=O)[O-]. The van der Waals surface area contributed by atoms with Crippen LogP contribution in [0.3, 0.4) is 0 Å². The molecule has 3 aromatic carbocycles. The first-order valence-electron chi connectivity index (χ1n) is 7.03. The third-order valence-corrected chi connectivity index (χ3v) is 3.66. The van der Waals surface area contributed by atoms with Gasteiger partial charge in [-0.2, -0.15) is 5.26 Å². The number of fused-ring (bicyclic) bond motifs is 1. The summed E-state index contributed by atoms with van der Waals surface area (Å²) in [7, 11) is 0. The standard InChI is InChI=1S/C19H12N2O2/c20-12-11-17(18-7-3-4-8-19(18)21(22)23)16-10-9-14-5-1-2-6-15(14)13-16/h1-11,13H. The molecular weight excluding hydrogens is 288 g/mol. The normalized spacial score (nSPS) is 11.2. The van der Waals surface area contributed by atoms with E-state index < -0.39 is 4.92 Å². The van der Waals surface area contributed by atoms with Crippen LogP contribution in [-0.2, 0) is 0 Å². The Morgan fingerprint density at radius 1 is 1.00 bits per heavy atom. The first-order valence-corrected chi connectivity index (χ1v) is 7.03. The number of benzene rings is 3. The van der Waals surface area contributed by atoms with Gasteiger partial charge in [0.1, 0.15) is 0 Å². The summed E-state index contributed by atoms with van der Waals surface area (Å²) in [6.07, 6.45) is 1.35. The van der Waals surface area contributed by atoms with Crippen molar-refractivity contribution >= 4 is 22.0 Å². The highest BCUT2D eigenvalue weighted by Gasteiger charge is 2.17. The molecule has 0 radical (unpaired) electrons. The predicted octanol–water partition coefficient (Wildman–Crippen LogP) is 4.70. The van der Waals surface area contributed by atoms with Crippen molar-refractivity contribution in [2.45, 2.75) is 0 Å². The zero-order valence-corrected chi connectivity index (χ0v) is 12.1. The number of nitro benzene ring substituents is 1. The largest absolute Gasteiger partial charge is 0.277 e. The summed E-state index contributed by atoms with van der Waals surface area (Å²) in [4.78, 5) is 10.8. The molecular formula is C19H12N2O2. The zero-order valence-electron chi connectivity index (χ0n) is 12.1. The van der Waals surface area contributed by atoms with E-state index in [9.17, 15) is 10.1 Å². The third kappa shape index (κ3) is 2.81. The first kappa shape index (κ1) is 14.5. The van der Waals surface area contributed by atoms with Crippen molar-refractivity contribution in [1.82, 2.24) is 0 Å². The Balaban J connectivity index is 2.22. The second-order valence-electron chi connectivity index (χ2n) is 5.02. The number of hydrogen-bond acceptors (Lipinski definition) is 3. The van der Waals surface area contributed by atoms with Gasteiger partial charge in [0, 0.05) is 17.7 Å². The topological polar surface area (TPSA) is 66.9 Å². The average Bonchev–Trinajstić information content (AvgIpc) is 2.59. The van der Waals surface area contributed by atoms with E-state index in [4.69, 9.17) is 5.26 Å². The van der Waals surface area contributed by atoms with Crippen LogP contribution in [-0.4, -0.2) is 4.92 Å².